The number of benzene rings is 1. The Morgan fingerprint density at radius 2 is 1.70 bits per heavy atom. The minimum absolute atomic E-state index is 0.0241. The van der Waals surface area contributed by atoms with Gasteiger partial charge in [0.25, 0.3) is 0 Å². The van der Waals surface area contributed by atoms with Crippen LogP contribution in [0, 0.1) is 46.3 Å². The standard InChI is InChI=1S/C37H55NO2/c1-24(2)9-8-10-25(3)32-15-16-33-31-14-13-28-23-30(17-19-36(28,4)34(31)18-20-37(32,33)5)40-35(39)38-29-21-26-11-6-7-12-27(26)22-29/h6-7,11-13,24-25,29-34H,8-10,14-23H2,1-5H3,(H,38,39)/t25-,30+,31+,32?,33?,34+,36+,37-/m1/s1. The zero-order valence-electron chi connectivity index (χ0n) is 26.0. The summed E-state index contributed by atoms with van der Waals surface area (Å²) in [6, 6.07) is 8.71. The Morgan fingerprint density at radius 3 is 2.42 bits per heavy atom. The Balaban J connectivity index is 1.06. The summed E-state index contributed by atoms with van der Waals surface area (Å²) >= 11 is 0. The first-order chi connectivity index (χ1) is 19.2. The maximum atomic E-state index is 12.9. The van der Waals surface area contributed by atoms with Crippen molar-refractivity contribution in [1.82, 2.24) is 5.32 Å². The molecule has 0 radical (unpaired) electrons. The Kier molecular flexibility index (Phi) is 7.90. The van der Waals surface area contributed by atoms with E-state index in [9.17, 15) is 4.79 Å². The van der Waals surface area contributed by atoms with Gasteiger partial charge in [-0.2, -0.15) is 0 Å². The number of ether oxygens (including phenoxy) is 1. The highest BCUT2D eigenvalue weighted by atomic mass is 16.6. The average Bonchev–Trinajstić information content (AvgIpc) is 3.48. The number of nitrogens with one attached hydrogen (secondary N) is 1. The number of hydrogen-bond donors (Lipinski definition) is 1. The Morgan fingerprint density at radius 1 is 0.950 bits per heavy atom. The van der Waals surface area contributed by atoms with Crippen molar-refractivity contribution in [1.29, 1.82) is 0 Å². The molecule has 0 spiro atoms. The lowest BCUT2D eigenvalue weighted by Gasteiger charge is -2.58. The van der Waals surface area contributed by atoms with Crippen molar-refractivity contribution in [3.8, 4) is 0 Å². The maximum absolute atomic E-state index is 12.9. The topological polar surface area (TPSA) is 38.3 Å². The molecule has 0 aliphatic heterocycles. The van der Waals surface area contributed by atoms with Crippen molar-refractivity contribution in [3.63, 3.8) is 0 Å². The molecule has 8 atom stereocenters. The van der Waals surface area contributed by atoms with Crippen LogP contribution in [0.5, 0.6) is 0 Å². The summed E-state index contributed by atoms with van der Waals surface area (Å²) in [4.78, 5) is 12.9. The second-order valence-electron chi connectivity index (χ2n) is 15.6. The molecule has 0 aromatic heterocycles. The maximum Gasteiger partial charge on any atom is 0.407 e. The van der Waals surface area contributed by atoms with Gasteiger partial charge >= 0.3 is 6.09 Å². The molecule has 3 nitrogen and oxygen atoms in total. The molecule has 1 N–H and O–H groups in total. The van der Waals surface area contributed by atoms with Crippen LogP contribution in [0.4, 0.5) is 4.79 Å². The number of rotatable bonds is 7. The smallest absolute Gasteiger partial charge is 0.407 e. The van der Waals surface area contributed by atoms with Crippen LogP contribution in [0.3, 0.4) is 0 Å². The fourth-order valence-corrected chi connectivity index (χ4v) is 10.8. The van der Waals surface area contributed by atoms with Gasteiger partial charge in [-0.1, -0.05) is 89.8 Å². The number of fused-ring (bicyclic) bond motifs is 6. The average molecular weight is 546 g/mol. The highest BCUT2D eigenvalue weighted by Crippen LogP contribution is 2.67. The van der Waals surface area contributed by atoms with E-state index < -0.39 is 0 Å². The van der Waals surface area contributed by atoms with Crippen molar-refractivity contribution in [3.05, 3.63) is 47.0 Å². The molecule has 40 heavy (non-hydrogen) atoms. The van der Waals surface area contributed by atoms with Gasteiger partial charge in [-0.15, -0.1) is 0 Å². The monoisotopic (exact) mass is 545 g/mol. The Hall–Kier alpha value is -1.77. The zero-order chi connectivity index (χ0) is 28.1. The first kappa shape index (κ1) is 28.4. The molecule has 5 aliphatic carbocycles. The molecule has 0 bridgehead atoms. The second-order valence-corrected chi connectivity index (χ2v) is 15.6. The summed E-state index contributed by atoms with van der Waals surface area (Å²) in [7, 11) is 0. The van der Waals surface area contributed by atoms with Crippen LogP contribution < -0.4 is 5.32 Å². The molecule has 0 heterocycles. The zero-order valence-corrected chi connectivity index (χ0v) is 26.0. The predicted octanol–water partition coefficient (Wildman–Crippen LogP) is 9.29. The number of amides is 1. The molecule has 2 unspecified atom stereocenters. The van der Waals surface area contributed by atoms with Gasteiger partial charge in [0, 0.05) is 12.5 Å². The lowest BCUT2D eigenvalue weighted by Crippen LogP contribution is -2.51. The number of allylic oxidation sites excluding steroid dienone is 1. The van der Waals surface area contributed by atoms with Crippen LogP contribution in [-0.4, -0.2) is 18.2 Å². The lowest BCUT2D eigenvalue weighted by atomic mass is 9.47. The molecule has 1 aromatic carbocycles. The van der Waals surface area contributed by atoms with Gasteiger partial charge in [-0.3, -0.25) is 0 Å². The molecule has 1 amide bonds. The first-order valence-electron chi connectivity index (χ1n) is 16.9. The molecular formula is C37H55NO2. The third-order valence-corrected chi connectivity index (χ3v) is 12.9. The van der Waals surface area contributed by atoms with Crippen LogP contribution in [-0.2, 0) is 17.6 Å². The van der Waals surface area contributed by atoms with Crippen molar-refractivity contribution < 1.29 is 9.53 Å². The van der Waals surface area contributed by atoms with Crippen molar-refractivity contribution in [2.45, 2.75) is 130 Å². The van der Waals surface area contributed by atoms with E-state index in [4.69, 9.17) is 4.74 Å². The van der Waals surface area contributed by atoms with E-state index >= 15 is 0 Å². The van der Waals surface area contributed by atoms with Crippen LogP contribution in [0.15, 0.2) is 35.9 Å². The number of alkyl carbamates (subject to hydrolysis) is 1. The second kappa shape index (κ2) is 11.1. The van der Waals surface area contributed by atoms with Crippen LogP contribution in [0.1, 0.15) is 116 Å². The highest BCUT2D eigenvalue weighted by Gasteiger charge is 2.59. The molecule has 3 saturated carbocycles. The van der Waals surface area contributed by atoms with E-state index in [1.54, 1.807) is 5.57 Å². The third kappa shape index (κ3) is 5.17. The van der Waals surface area contributed by atoms with E-state index in [-0.39, 0.29) is 18.2 Å². The van der Waals surface area contributed by atoms with E-state index in [1.807, 2.05) is 0 Å². The summed E-state index contributed by atoms with van der Waals surface area (Å²) in [5.41, 5.74) is 5.17. The third-order valence-electron chi connectivity index (χ3n) is 12.9. The van der Waals surface area contributed by atoms with Crippen molar-refractivity contribution in [2.75, 3.05) is 0 Å². The van der Waals surface area contributed by atoms with Gasteiger partial charge in [-0.05, 0) is 115 Å². The fourth-order valence-electron chi connectivity index (χ4n) is 10.8. The molecule has 0 saturated heterocycles. The Bertz CT molecular complexity index is 1080. The molecule has 220 valence electrons. The number of hydrogen-bond acceptors (Lipinski definition) is 2. The van der Waals surface area contributed by atoms with Crippen molar-refractivity contribution >= 4 is 6.09 Å². The quantitative estimate of drug-likeness (QED) is 0.347. The fraction of sp³-hybridized carbons (Fsp3) is 0.757. The van der Waals surface area contributed by atoms with Gasteiger partial charge in [0.05, 0.1) is 0 Å². The van der Waals surface area contributed by atoms with Crippen molar-refractivity contribution in [2.24, 2.45) is 46.3 Å². The van der Waals surface area contributed by atoms with Gasteiger partial charge in [-0.25, -0.2) is 4.79 Å². The Labute approximate surface area is 244 Å². The van der Waals surface area contributed by atoms with Gasteiger partial charge in [0.15, 0.2) is 0 Å². The first-order valence-corrected chi connectivity index (χ1v) is 16.9. The van der Waals surface area contributed by atoms with Crippen LogP contribution in [0.2, 0.25) is 0 Å². The number of carbonyl (C=O) groups excluding carboxylic acids is 1. The molecule has 6 rings (SSSR count). The molecule has 3 fully saturated rings. The predicted molar refractivity (Wildman–Crippen MR) is 164 cm³/mol. The van der Waals surface area contributed by atoms with Gasteiger partial charge in [0.1, 0.15) is 6.10 Å². The minimum Gasteiger partial charge on any atom is -0.446 e. The SMILES string of the molecule is CC(C)CCC[C@@H](C)C1CCC2[C@@H]3CC=C4C[C@@H](OC(=O)NC5Cc6ccccc6C5)CC[C@]4(C)[C@H]3CC[C@]12C. The highest BCUT2D eigenvalue weighted by molar-refractivity contribution is 5.68. The molecule has 1 aromatic rings. The lowest BCUT2D eigenvalue weighted by molar-refractivity contribution is -0.0582. The molecular weight excluding hydrogens is 490 g/mol. The normalized spacial score (nSPS) is 37.6. The summed E-state index contributed by atoms with van der Waals surface area (Å²) in [6.07, 6.45) is 18.6. The summed E-state index contributed by atoms with van der Waals surface area (Å²) in [6.45, 7) is 12.6. The van der Waals surface area contributed by atoms with Crippen LogP contribution >= 0.6 is 0 Å². The van der Waals surface area contributed by atoms with Gasteiger partial charge in [0.2, 0.25) is 0 Å². The molecule has 5 aliphatic rings. The minimum atomic E-state index is -0.214. The van der Waals surface area contributed by atoms with Gasteiger partial charge < -0.3 is 10.1 Å². The summed E-state index contributed by atoms with van der Waals surface area (Å²) in [5, 5.41) is 3.18. The van der Waals surface area contributed by atoms with E-state index in [0.29, 0.717) is 10.8 Å². The summed E-state index contributed by atoms with van der Waals surface area (Å²) < 4.78 is 6.06. The van der Waals surface area contributed by atoms with E-state index in [1.165, 1.54) is 68.9 Å². The van der Waals surface area contributed by atoms with E-state index in [2.05, 4.69) is 70.3 Å². The van der Waals surface area contributed by atoms with E-state index in [0.717, 1.165) is 61.2 Å². The number of carbonyl (C=O) groups is 1. The molecule has 3 heteroatoms. The van der Waals surface area contributed by atoms with Crippen LogP contribution in [0.25, 0.3) is 0 Å². The summed E-state index contributed by atoms with van der Waals surface area (Å²) in [5.74, 6) is 5.18. The largest absolute Gasteiger partial charge is 0.446 e.